The lowest BCUT2D eigenvalue weighted by atomic mass is 9.77. The molecule has 0 rings (SSSR count). The van der Waals surface area contributed by atoms with Gasteiger partial charge in [0.05, 0.1) is 5.92 Å². The van der Waals surface area contributed by atoms with Crippen molar-refractivity contribution in [1.29, 1.82) is 0 Å². The van der Waals surface area contributed by atoms with Crippen LogP contribution >= 0.6 is 0 Å². The molecule has 0 aliphatic rings. The van der Waals surface area contributed by atoms with Gasteiger partial charge in [0.15, 0.2) is 6.10 Å². The van der Waals surface area contributed by atoms with E-state index in [9.17, 15) is 18.0 Å². The molecule has 84 valence electrons. The topological polar surface area (TPSA) is 57.5 Å². The van der Waals surface area contributed by atoms with Crippen LogP contribution < -0.4 is 0 Å². The number of hydrogen-bond acceptors (Lipinski definition) is 2. The zero-order valence-electron chi connectivity index (χ0n) is 8.09. The van der Waals surface area contributed by atoms with Gasteiger partial charge in [-0.1, -0.05) is 20.8 Å². The van der Waals surface area contributed by atoms with E-state index in [1.165, 1.54) is 20.8 Å². The van der Waals surface area contributed by atoms with Gasteiger partial charge in [0.1, 0.15) is 0 Å². The molecule has 0 saturated heterocycles. The number of carboxylic acids is 1. The Balaban J connectivity index is 4.96. The maximum atomic E-state index is 12.1. The average Bonchev–Trinajstić information content (AvgIpc) is 1.79. The van der Waals surface area contributed by atoms with E-state index in [4.69, 9.17) is 10.2 Å². The Morgan fingerprint density at radius 2 is 1.57 bits per heavy atom. The molecule has 2 N–H and O–H groups in total. The summed E-state index contributed by atoms with van der Waals surface area (Å²) in [4.78, 5) is 10.6. The second-order valence-corrected chi connectivity index (χ2v) is 4.17. The lowest BCUT2D eigenvalue weighted by Crippen LogP contribution is -2.46. The molecule has 6 heteroatoms. The Kier molecular flexibility index (Phi) is 3.55. The maximum absolute atomic E-state index is 12.1. The lowest BCUT2D eigenvalue weighted by Gasteiger charge is -2.31. The van der Waals surface area contributed by atoms with Gasteiger partial charge < -0.3 is 10.2 Å². The first-order valence-corrected chi connectivity index (χ1v) is 3.95. The maximum Gasteiger partial charge on any atom is 0.415 e. The molecule has 0 amide bonds. The third-order valence-electron chi connectivity index (χ3n) is 1.85. The normalized spacial score (nSPS) is 17.6. The first kappa shape index (κ1) is 13.2. The number of carbonyl (C=O) groups is 1. The summed E-state index contributed by atoms with van der Waals surface area (Å²) in [6, 6.07) is 0. The minimum Gasteiger partial charge on any atom is -0.481 e. The summed E-state index contributed by atoms with van der Waals surface area (Å²) in [6.07, 6.45) is -7.74. The number of carboxylic acid groups (broad SMARTS) is 1. The number of rotatable bonds is 2. The molecule has 0 aliphatic carbocycles. The molecule has 0 aromatic rings. The number of aliphatic carboxylic acids is 1. The van der Waals surface area contributed by atoms with Crippen LogP contribution in [0.2, 0.25) is 0 Å². The van der Waals surface area contributed by atoms with E-state index < -0.39 is 29.6 Å². The number of aliphatic hydroxyl groups excluding tert-OH is 1. The van der Waals surface area contributed by atoms with Gasteiger partial charge in [-0.15, -0.1) is 0 Å². The van der Waals surface area contributed by atoms with Crippen LogP contribution in [0, 0.1) is 11.3 Å². The molecule has 0 fully saturated rings. The van der Waals surface area contributed by atoms with Crippen molar-refractivity contribution < 1.29 is 28.2 Å². The van der Waals surface area contributed by atoms with Crippen LogP contribution in [0.4, 0.5) is 13.2 Å². The Morgan fingerprint density at radius 3 is 1.64 bits per heavy atom. The van der Waals surface area contributed by atoms with Crippen LogP contribution in [0.25, 0.3) is 0 Å². The van der Waals surface area contributed by atoms with E-state index in [1.54, 1.807) is 0 Å². The minimum absolute atomic E-state index is 1.15. The fraction of sp³-hybridized carbons (Fsp3) is 0.875. The Hall–Kier alpha value is -0.780. The van der Waals surface area contributed by atoms with Crippen molar-refractivity contribution in [2.45, 2.75) is 33.1 Å². The van der Waals surface area contributed by atoms with Gasteiger partial charge in [-0.2, -0.15) is 13.2 Å². The summed E-state index contributed by atoms with van der Waals surface area (Å²) in [5.41, 5.74) is -1.15. The van der Waals surface area contributed by atoms with Gasteiger partial charge in [0.25, 0.3) is 0 Å². The molecule has 0 aliphatic heterocycles. The first-order chi connectivity index (χ1) is 5.98. The van der Waals surface area contributed by atoms with E-state index in [-0.39, 0.29) is 0 Å². The SMILES string of the molecule is CC(C)(C)C(C(=O)O)C(O)C(F)(F)F. The number of hydrogen-bond donors (Lipinski definition) is 2. The van der Waals surface area contributed by atoms with Crippen LogP contribution in [-0.2, 0) is 4.79 Å². The molecule has 0 aromatic carbocycles. The second kappa shape index (κ2) is 3.76. The lowest BCUT2D eigenvalue weighted by molar-refractivity contribution is -0.232. The Bertz CT molecular complexity index is 217. The molecule has 14 heavy (non-hydrogen) atoms. The third kappa shape index (κ3) is 3.17. The molecular formula is C8H13F3O3. The summed E-state index contributed by atoms with van der Waals surface area (Å²) in [7, 11) is 0. The molecule has 0 radical (unpaired) electrons. The monoisotopic (exact) mass is 214 g/mol. The standard InChI is InChI=1S/C8H13F3O3/c1-7(2,3)4(6(13)14)5(12)8(9,10)11/h4-5,12H,1-3H3,(H,13,14). The van der Waals surface area contributed by atoms with Crippen LogP contribution in [0.15, 0.2) is 0 Å². The van der Waals surface area contributed by atoms with E-state index in [0.717, 1.165) is 0 Å². The van der Waals surface area contributed by atoms with Crippen molar-refractivity contribution in [3.63, 3.8) is 0 Å². The zero-order chi connectivity index (χ0) is 11.7. The quantitative estimate of drug-likeness (QED) is 0.734. The minimum atomic E-state index is -4.91. The van der Waals surface area contributed by atoms with Crippen LogP contribution in [0.1, 0.15) is 20.8 Å². The predicted octanol–water partition coefficient (Wildman–Crippen LogP) is 1.66. The summed E-state index contributed by atoms with van der Waals surface area (Å²) in [5.74, 6) is -3.51. The van der Waals surface area contributed by atoms with Gasteiger partial charge in [0.2, 0.25) is 0 Å². The van der Waals surface area contributed by atoms with Crippen molar-refractivity contribution in [2.75, 3.05) is 0 Å². The van der Waals surface area contributed by atoms with Crippen molar-refractivity contribution >= 4 is 5.97 Å². The largest absolute Gasteiger partial charge is 0.481 e. The highest BCUT2D eigenvalue weighted by Gasteiger charge is 2.50. The van der Waals surface area contributed by atoms with Gasteiger partial charge in [-0.05, 0) is 5.41 Å². The highest BCUT2D eigenvalue weighted by Crippen LogP contribution is 2.36. The van der Waals surface area contributed by atoms with Gasteiger partial charge in [-0.25, -0.2) is 0 Å². The van der Waals surface area contributed by atoms with E-state index in [2.05, 4.69) is 0 Å². The van der Waals surface area contributed by atoms with Gasteiger partial charge >= 0.3 is 12.1 Å². The highest BCUT2D eigenvalue weighted by atomic mass is 19.4. The smallest absolute Gasteiger partial charge is 0.415 e. The van der Waals surface area contributed by atoms with Crippen molar-refractivity contribution in [1.82, 2.24) is 0 Å². The Morgan fingerprint density at radius 1 is 1.21 bits per heavy atom. The molecule has 3 nitrogen and oxygen atoms in total. The summed E-state index contributed by atoms with van der Waals surface area (Å²) < 4.78 is 36.2. The molecule has 2 atom stereocenters. The van der Waals surface area contributed by atoms with E-state index >= 15 is 0 Å². The molecule has 2 unspecified atom stereocenters. The molecule has 0 heterocycles. The molecule has 0 spiro atoms. The fourth-order valence-electron chi connectivity index (χ4n) is 1.17. The average molecular weight is 214 g/mol. The molecule has 0 saturated carbocycles. The van der Waals surface area contributed by atoms with Gasteiger partial charge in [-0.3, -0.25) is 4.79 Å². The second-order valence-electron chi connectivity index (χ2n) is 4.17. The van der Waals surface area contributed by atoms with Crippen molar-refractivity contribution in [2.24, 2.45) is 11.3 Å². The zero-order valence-corrected chi connectivity index (χ0v) is 8.09. The highest BCUT2D eigenvalue weighted by molar-refractivity contribution is 5.71. The van der Waals surface area contributed by atoms with Crippen LogP contribution in [0.3, 0.4) is 0 Å². The first-order valence-electron chi connectivity index (χ1n) is 3.95. The molecule has 0 aromatic heterocycles. The number of alkyl halides is 3. The van der Waals surface area contributed by atoms with Crippen molar-refractivity contribution in [3.05, 3.63) is 0 Å². The van der Waals surface area contributed by atoms with Crippen LogP contribution in [-0.4, -0.2) is 28.5 Å². The molecular weight excluding hydrogens is 201 g/mol. The summed E-state index contributed by atoms with van der Waals surface area (Å²) in [6.45, 7) is 4.00. The Labute approximate surface area is 79.5 Å². The molecule has 0 bridgehead atoms. The van der Waals surface area contributed by atoms with E-state index in [0.29, 0.717) is 0 Å². The fourth-order valence-corrected chi connectivity index (χ4v) is 1.17. The predicted molar refractivity (Wildman–Crippen MR) is 42.6 cm³/mol. The van der Waals surface area contributed by atoms with Gasteiger partial charge in [0, 0.05) is 0 Å². The summed E-state index contributed by atoms with van der Waals surface area (Å²) in [5, 5.41) is 17.4. The number of halogens is 3. The van der Waals surface area contributed by atoms with E-state index in [1.807, 2.05) is 0 Å². The summed E-state index contributed by atoms with van der Waals surface area (Å²) >= 11 is 0. The number of aliphatic hydroxyl groups is 1. The van der Waals surface area contributed by atoms with Crippen molar-refractivity contribution in [3.8, 4) is 0 Å². The third-order valence-corrected chi connectivity index (χ3v) is 1.85. The van der Waals surface area contributed by atoms with Crippen LogP contribution in [0.5, 0.6) is 0 Å².